The van der Waals surface area contributed by atoms with Gasteiger partial charge in [-0.05, 0) is 34.8 Å². The van der Waals surface area contributed by atoms with Gasteiger partial charge in [-0.2, -0.15) is 0 Å². The van der Waals surface area contributed by atoms with E-state index in [2.05, 4.69) is 26.2 Å². The number of halogens is 2. The highest BCUT2D eigenvalue weighted by Crippen LogP contribution is 2.25. The van der Waals surface area contributed by atoms with Crippen LogP contribution in [-0.2, 0) is 9.84 Å². The molecule has 1 fully saturated rings. The molecule has 1 N–H and O–H groups in total. The summed E-state index contributed by atoms with van der Waals surface area (Å²) in [6, 6.07) is 1.89. The number of aromatic nitrogens is 1. The van der Waals surface area contributed by atoms with Crippen LogP contribution in [0, 0.1) is 0 Å². The van der Waals surface area contributed by atoms with Crippen LogP contribution in [0.5, 0.6) is 0 Å². The monoisotopic (exact) mass is 338 g/mol. The third kappa shape index (κ3) is 3.56. The van der Waals surface area contributed by atoms with Crippen molar-refractivity contribution in [1.29, 1.82) is 0 Å². The molecule has 7 heteroatoms. The van der Waals surface area contributed by atoms with E-state index in [1.165, 1.54) is 0 Å². The molecule has 17 heavy (non-hydrogen) atoms. The molecule has 0 aromatic carbocycles. The summed E-state index contributed by atoms with van der Waals surface area (Å²) in [6.07, 6.45) is 2.88. The molecule has 1 aromatic heterocycles. The van der Waals surface area contributed by atoms with E-state index in [1.54, 1.807) is 12.3 Å². The fourth-order valence-corrected chi connectivity index (χ4v) is 3.92. The number of nitrogens with one attached hydrogen (secondary N) is 1. The van der Waals surface area contributed by atoms with Crippen LogP contribution in [0.25, 0.3) is 0 Å². The van der Waals surface area contributed by atoms with E-state index in [4.69, 9.17) is 11.6 Å². The zero-order valence-electron chi connectivity index (χ0n) is 8.99. The van der Waals surface area contributed by atoms with E-state index >= 15 is 0 Å². The molecule has 0 spiro atoms. The van der Waals surface area contributed by atoms with Crippen molar-refractivity contribution in [2.24, 2.45) is 0 Å². The quantitative estimate of drug-likeness (QED) is 0.899. The van der Waals surface area contributed by atoms with Crippen molar-refractivity contribution in [3.8, 4) is 0 Å². The summed E-state index contributed by atoms with van der Waals surface area (Å²) in [5.41, 5.74) is 0. The Morgan fingerprint density at radius 2 is 2.06 bits per heavy atom. The first kappa shape index (κ1) is 13.1. The summed E-state index contributed by atoms with van der Waals surface area (Å²) in [5.74, 6) is 1.08. The van der Waals surface area contributed by atoms with Crippen molar-refractivity contribution < 1.29 is 8.42 Å². The maximum absolute atomic E-state index is 11.3. The van der Waals surface area contributed by atoms with Gasteiger partial charge in [-0.15, -0.1) is 0 Å². The summed E-state index contributed by atoms with van der Waals surface area (Å²) in [6.45, 7) is 0. The third-order valence-electron chi connectivity index (χ3n) is 2.70. The van der Waals surface area contributed by atoms with Crippen molar-refractivity contribution in [3.63, 3.8) is 0 Å². The normalized spacial score (nSPS) is 20.1. The van der Waals surface area contributed by atoms with Gasteiger partial charge in [0, 0.05) is 16.7 Å². The Kier molecular flexibility index (Phi) is 3.95. The highest BCUT2D eigenvalue weighted by atomic mass is 79.9. The highest BCUT2D eigenvalue weighted by molar-refractivity contribution is 9.10. The maximum atomic E-state index is 11.3. The predicted octanol–water partition coefficient (Wildman–Crippen LogP) is 2.49. The fourth-order valence-electron chi connectivity index (χ4n) is 1.75. The minimum atomic E-state index is -2.83. The van der Waals surface area contributed by atoms with E-state index < -0.39 is 9.84 Å². The molecular weight excluding hydrogens is 328 g/mol. The van der Waals surface area contributed by atoms with Crippen LogP contribution in [0.15, 0.2) is 16.7 Å². The van der Waals surface area contributed by atoms with Gasteiger partial charge >= 0.3 is 0 Å². The number of sulfone groups is 1. The molecule has 2 heterocycles. The first-order valence-corrected chi connectivity index (χ1v) is 8.23. The highest BCUT2D eigenvalue weighted by Gasteiger charge is 2.24. The minimum absolute atomic E-state index is 0.129. The molecule has 0 aliphatic carbocycles. The Balaban J connectivity index is 2.02. The number of hydrogen-bond donors (Lipinski definition) is 1. The first-order chi connectivity index (χ1) is 7.96. The number of anilines is 1. The summed E-state index contributed by atoms with van der Waals surface area (Å²) in [4.78, 5) is 4.17. The average Bonchev–Trinajstić information content (AvgIpc) is 2.25. The lowest BCUT2D eigenvalue weighted by Gasteiger charge is -2.23. The first-order valence-electron chi connectivity index (χ1n) is 5.24. The molecule has 0 atom stereocenters. The van der Waals surface area contributed by atoms with Crippen molar-refractivity contribution in [3.05, 3.63) is 21.8 Å². The number of hydrogen-bond acceptors (Lipinski definition) is 4. The van der Waals surface area contributed by atoms with Crippen LogP contribution in [0.4, 0.5) is 5.82 Å². The number of rotatable bonds is 2. The van der Waals surface area contributed by atoms with Crippen LogP contribution in [-0.4, -0.2) is 30.9 Å². The van der Waals surface area contributed by atoms with Crippen molar-refractivity contribution in [2.75, 3.05) is 16.8 Å². The second-order valence-corrected chi connectivity index (χ2v) is 7.68. The van der Waals surface area contributed by atoms with Crippen molar-refractivity contribution in [2.45, 2.75) is 18.9 Å². The topological polar surface area (TPSA) is 59.1 Å². The van der Waals surface area contributed by atoms with Crippen LogP contribution in [0.2, 0.25) is 5.02 Å². The predicted molar refractivity (Wildman–Crippen MR) is 72.2 cm³/mol. The smallest absolute Gasteiger partial charge is 0.150 e. The second-order valence-electron chi connectivity index (χ2n) is 4.05. The van der Waals surface area contributed by atoms with Gasteiger partial charge < -0.3 is 5.32 Å². The number of nitrogens with zero attached hydrogens (tertiary/aromatic N) is 1. The third-order valence-corrected chi connectivity index (χ3v) is 5.14. The molecule has 0 amide bonds. The Bertz CT molecular complexity index is 507. The van der Waals surface area contributed by atoms with Gasteiger partial charge in [-0.3, -0.25) is 0 Å². The Hall–Kier alpha value is -0.330. The molecule has 0 bridgehead atoms. The minimum Gasteiger partial charge on any atom is -0.366 e. The lowest BCUT2D eigenvalue weighted by molar-refractivity contribution is 0.559. The molecule has 1 aromatic rings. The molecule has 4 nitrogen and oxygen atoms in total. The van der Waals surface area contributed by atoms with Gasteiger partial charge in [0.1, 0.15) is 15.7 Å². The van der Waals surface area contributed by atoms with Gasteiger partial charge in [0.15, 0.2) is 0 Å². The fraction of sp³-hybridized carbons (Fsp3) is 0.500. The van der Waals surface area contributed by atoms with Gasteiger partial charge in [0.05, 0.1) is 16.5 Å². The second kappa shape index (κ2) is 5.12. The molecule has 1 saturated heterocycles. The van der Waals surface area contributed by atoms with Gasteiger partial charge in [-0.25, -0.2) is 13.4 Å². The van der Waals surface area contributed by atoms with Crippen LogP contribution >= 0.6 is 27.5 Å². The van der Waals surface area contributed by atoms with Gasteiger partial charge in [-0.1, -0.05) is 11.6 Å². The SMILES string of the molecule is O=S1(=O)CCC(Nc2ncc(Br)cc2Cl)CC1. The van der Waals surface area contributed by atoms with E-state index in [9.17, 15) is 8.42 Å². The lowest BCUT2D eigenvalue weighted by Crippen LogP contribution is -2.32. The molecule has 94 valence electrons. The average molecular weight is 340 g/mol. The molecule has 1 aliphatic heterocycles. The van der Waals surface area contributed by atoms with E-state index in [0.29, 0.717) is 23.7 Å². The molecule has 2 rings (SSSR count). The van der Waals surface area contributed by atoms with E-state index in [1.807, 2.05) is 0 Å². The summed E-state index contributed by atoms with van der Waals surface area (Å²) in [7, 11) is -2.83. The zero-order chi connectivity index (χ0) is 12.5. The molecule has 0 radical (unpaired) electrons. The Morgan fingerprint density at radius 3 is 2.65 bits per heavy atom. The van der Waals surface area contributed by atoms with Crippen molar-refractivity contribution in [1.82, 2.24) is 4.98 Å². The molecular formula is C10H12BrClN2O2S. The van der Waals surface area contributed by atoms with Crippen LogP contribution < -0.4 is 5.32 Å². The Labute approximate surface area is 114 Å². The largest absolute Gasteiger partial charge is 0.366 e. The molecule has 0 unspecified atom stereocenters. The maximum Gasteiger partial charge on any atom is 0.150 e. The summed E-state index contributed by atoms with van der Waals surface area (Å²) >= 11 is 9.31. The standard InChI is InChI=1S/C10H12BrClN2O2S/c11-7-5-9(12)10(13-6-7)14-8-1-3-17(15,16)4-2-8/h5-6,8H,1-4H2,(H,13,14). The molecule has 0 saturated carbocycles. The lowest BCUT2D eigenvalue weighted by atomic mass is 10.1. The summed E-state index contributed by atoms with van der Waals surface area (Å²) < 4.78 is 23.4. The van der Waals surface area contributed by atoms with Gasteiger partial charge in [0.25, 0.3) is 0 Å². The van der Waals surface area contributed by atoms with Crippen molar-refractivity contribution >= 4 is 43.2 Å². The van der Waals surface area contributed by atoms with E-state index in [-0.39, 0.29) is 17.5 Å². The zero-order valence-corrected chi connectivity index (χ0v) is 12.1. The van der Waals surface area contributed by atoms with Crippen LogP contribution in [0.3, 0.4) is 0 Å². The Morgan fingerprint density at radius 1 is 1.41 bits per heavy atom. The van der Waals surface area contributed by atoms with Gasteiger partial charge in [0.2, 0.25) is 0 Å². The van der Waals surface area contributed by atoms with E-state index in [0.717, 1.165) is 4.47 Å². The van der Waals surface area contributed by atoms with Crippen LogP contribution in [0.1, 0.15) is 12.8 Å². The number of pyridine rings is 1. The molecule has 1 aliphatic rings. The summed E-state index contributed by atoms with van der Waals surface area (Å²) in [5, 5.41) is 3.72.